The molecule has 7 heteroatoms. The number of hydrogen-bond donors (Lipinski definition) is 1. The number of aromatic nitrogens is 1. The molecule has 3 heterocycles. The van der Waals surface area contributed by atoms with Crippen LogP contribution >= 0.6 is 11.3 Å². The Morgan fingerprint density at radius 1 is 1.26 bits per heavy atom. The van der Waals surface area contributed by atoms with Crippen LogP contribution in [-0.4, -0.2) is 63.9 Å². The van der Waals surface area contributed by atoms with Gasteiger partial charge in [0, 0.05) is 19.1 Å². The summed E-state index contributed by atoms with van der Waals surface area (Å²) in [6.45, 7) is 12.2. The number of likely N-dealkylation sites (N-methyl/N-ethyl adjacent to an activating group) is 1. The molecule has 1 N–H and O–H groups in total. The third kappa shape index (κ3) is 4.14. The van der Waals surface area contributed by atoms with Crippen molar-refractivity contribution in [1.82, 2.24) is 19.7 Å². The van der Waals surface area contributed by atoms with Gasteiger partial charge in [-0.05, 0) is 69.1 Å². The highest BCUT2D eigenvalue weighted by Crippen LogP contribution is 2.34. The van der Waals surface area contributed by atoms with E-state index in [-0.39, 0.29) is 17.9 Å². The fourth-order valence-corrected chi connectivity index (χ4v) is 5.97. The topological polar surface area (TPSA) is 57.6 Å². The number of nitrogens with zero attached hydrogens (tertiary/aromatic N) is 3. The fourth-order valence-electron chi connectivity index (χ4n) is 5.15. The highest BCUT2D eigenvalue weighted by molar-refractivity contribution is 7.17. The zero-order chi connectivity index (χ0) is 22.2. The van der Waals surface area contributed by atoms with E-state index in [4.69, 9.17) is 0 Å². The molecular weight excluding hydrogens is 408 g/mol. The number of hydrogen-bond acceptors (Lipinski definition) is 4. The molecule has 1 atom stereocenters. The maximum absolute atomic E-state index is 13.7. The van der Waals surface area contributed by atoms with Crippen LogP contribution in [0.5, 0.6) is 0 Å². The minimum atomic E-state index is -0.895. The molecule has 2 amide bonds. The Balaban J connectivity index is 1.63. The van der Waals surface area contributed by atoms with Gasteiger partial charge in [-0.3, -0.25) is 9.59 Å². The SMILES string of the molecule is CCN(CC)CCN1C(=O)c2cc3sccc3n2C[C@@]1(C)C(=O)NC1CCC(C)CC1. The molecule has 2 aromatic rings. The summed E-state index contributed by atoms with van der Waals surface area (Å²) in [4.78, 5) is 31.5. The fraction of sp³-hybridized carbons (Fsp3) is 0.667. The second-order valence-corrected chi connectivity index (χ2v) is 10.4. The highest BCUT2D eigenvalue weighted by atomic mass is 32.1. The van der Waals surface area contributed by atoms with Crippen molar-refractivity contribution in [3.05, 3.63) is 23.2 Å². The van der Waals surface area contributed by atoms with Crippen LogP contribution in [-0.2, 0) is 11.3 Å². The van der Waals surface area contributed by atoms with Gasteiger partial charge in [0.25, 0.3) is 5.91 Å². The lowest BCUT2D eigenvalue weighted by molar-refractivity contribution is -0.134. The number of fused-ring (bicyclic) bond motifs is 3. The van der Waals surface area contributed by atoms with Gasteiger partial charge >= 0.3 is 0 Å². The van der Waals surface area contributed by atoms with E-state index in [9.17, 15) is 9.59 Å². The molecule has 0 unspecified atom stereocenters. The highest BCUT2D eigenvalue weighted by Gasteiger charge is 2.48. The first-order valence-electron chi connectivity index (χ1n) is 11.8. The number of carbonyl (C=O) groups excluding carboxylic acids is 2. The van der Waals surface area contributed by atoms with Crippen LogP contribution in [0, 0.1) is 5.92 Å². The average molecular weight is 445 g/mol. The third-order valence-electron chi connectivity index (χ3n) is 7.42. The standard InChI is InChI=1S/C24H36N4O2S/c1-5-26(6-2)12-13-28-22(29)20-15-21-19(11-14-31-21)27(20)16-24(28,4)23(30)25-18-9-7-17(3)8-10-18/h11,14-15,17-18H,5-10,12-13,16H2,1-4H3,(H,25,30)/t17?,18?,24-/m0/s1. The molecule has 2 aliphatic rings. The Labute approximate surface area is 189 Å². The zero-order valence-electron chi connectivity index (χ0n) is 19.3. The van der Waals surface area contributed by atoms with E-state index >= 15 is 0 Å². The number of thiophene rings is 1. The molecule has 2 aromatic heterocycles. The molecule has 1 fully saturated rings. The van der Waals surface area contributed by atoms with Gasteiger partial charge in [-0.15, -0.1) is 11.3 Å². The number of nitrogens with one attached hydrogen (secondary N) is 1. The molecule has 0 spiro atoms. The number of rotatable bonds is 7. The van der Waals surface area contributed by atoms with E-state index in [1.54, 1.807) is 11.3 Å². The van der Waals surface area contributed by atoms with E-state index in [0.717, 1.165) is 61.5 Å². The molecule has 31 heavy (non-hydrogen) atoms. The van der Waals surface area contributed by atoms with Gasteiger partial charge in [0.15, 0.2) is 0 Å². The summed E-state index contributed by atoms with van der Waals surface area (Å²) in [5.41, 5.74) is 0.870. The van der Waals surface area contributed by atoms with Crippen molar-refractivity contribution in [2.24, 2.45) is 5.92 Å². The van der Waals surface area contributed by atoms with E-state index < -0.39 is 5.54 Å². The predicted molar refractivity (Wildman–Crippen MR) is 127 cm³/mol. The zero-order valence-corrected chi connectivity index (χ0v) is 20.1. The van der Waals surface area contributed by atoms with Crippen LogP contribution in [0.15, 0.2) is 17.5 Å². The Bertz CT molecular complexity index is 939. The van der Waals surface area contributed by atoms with Gasteiger partial charge in [-0.1, -0.05) is 20.8 Å². The summed E-state index contributed by atoms with van der Waals surface area (Å²) in [6, 6.07) is 4.27. The molecule has 4 rings (SSSR count). The van der Waals surface area contributed by atoms with Gasteiger partial charge in [0.2, 0.25) is 5.91 Å². The molecule has 6 nitrogen and oxygen atoms in total. The van der Waals surface area contributed by atoms with E-state index in [2.05, 4.69) is 47.0 Å². The quantitative estimate of drug-likeness (QED) is 0.703. The molecule has 0 saturated heterocycles. The smallest absolute Gasteiger partial charge is 0.271 e. The average Bonchev–Trinajstić information content (AvgIpc) is 3.35. The van der Waals surface area contributed by atoms with Crippen molar-refractivity contribution in [3.8, 4) is 0 Å². The lowest BCUT2D eigenvalue weighted by atomic mass is 9.86. The minimum absolute atomic E-state index is 0.0114. The monoisotopic (exact) mass is 444 g/mol. The lowest BCUT2D eigenvalue weighted by Crippen LogP contribution is -2.65. The normalized spacial score (nSPS) is 26.5. The molecule has 170 valence electrons. The summed E-state index contributed by atoms with van der Waals surface area (Å²) in [5.74, 6) is 0.694. The van der Waals surface area contributed by atoms with Crippen LogP contribution in [0.3, 0.4) is 0 Å². The minimum Gasteiger partial charge on any atom is -0.351 e. The molecule has 1 aliphatic heterocycles. The Kier molecular flexibility index (Phi) is 6.44. The van der Waals surface area contributed by atoms with Crippen molar-refractivity contribution in [2.45, 2.75) is 71.5 Å². The van der Waals surface area contributed by atoms with E-state index in [1.807, 2.05) is 17.9 Å². The predicted octanol–water partition coefficient (Wildman–Crippen LogP) is 3.95. The first-order valence-corrected chi connectivity index (χ1v) is 12.7. The number of carbonyl (C=O) groups is 2. The molecule has 1 aliphatic carbocycles. The van der Waals surface area contributed by atoms with Gasteiger partial charge in [0.1, 0.15) is 11.2 Å². The van der Waals surface area contributed by atoms with Crippen molar-refractivity contribution < 1.29 is 9.59 Å². The molecule has 0 radical (unpaired) electrons. The van der Waals surface area contributed by atoms with Crippen molar-refractivity contribution in [1.29, 1.82) is 0 Å². The lowest BCUT2D eigenvalue weighted by Gasteiger charge is -2.45. The first kappa shape index (κ1) is 22.3. The van der Waals surface area contributed by atoms with Crippen molar-refractivity contribution in [3.63, 3.8) is 0 Å². The van der Waals surface area contributed by atoms with Crippen LogP contribution in [0.1, 0.15) is 63.9 Å². The van der Waals surface area contributed by atoms with E-state index in [1.165, 1.54) is 0 Å². The molecule has 0 aromatic carbocycles. The summed E-state index contributed by atoms with van der Waals surface area (Å²) in [7, 11) is 0. The second-order valence-electron chi connectivity index (χ2n) is 9.47. The largest absolute Gasteiger partial charge is 0.351 e. The van der Waals surface area contributed by atoms with Crippen molar-refractivity contribution in [2.75, 3.05) is 26.2 Å². The molecular formula is C24H36N4O2S. The maximum Gasteiger partial charge on any atom is 0.271 e. The summed E-state index contributed by atoms with van der Waals surface area (Å²) < 4.78 is 3.17. The van der Waals surface area contributed by atoms with Crippen molar-refractivity contribution >= 4 is 33.4 Å². The van der Waals surface area contributed by atoms with Crippen LogP contribution in [0.25, 0.3) is 10.2 Å². The van der Waals surface area contributed by atoms with Gasteiger partial charge in [-0.2, -0.15) is 0 Å². The van der Waals surface area contributed by atoms with Gasteiger partial charge in [-0.25, -0.2) is 0 Å². The van der Waals surface area contributed by atoms with Gasteiger partial charge in [0.05, 0.1) is 16.8 Å². The molecule has 0 bridgehead atoms. The molecule has 1 saturated carbocycles. The number of amides is 2. The third-order valence-corrected chi connectivity index (χ3v) is 8.28. The Morgan fingerprint density at radius 3 is 2.65 bits per heavy atom. The van der Waals surface area contributed by atoms with Crippen LogP contribution < -0.4 is 5.32 Å². The second kappa shape index (κ2) is 8.94. The summed E-state index contributed by atoms with van der Waals surface area (Å²) >= 11 is 1.65. The summed E-state index contributed by atoms with van der Waals surface area (Å²) in [5, 5.41) is 5.37. The maximum atomic E-state index is 13.7. The first-order chi connectivity index (χ1) is 14.9. The van der Waals surface area contributed by atoms with Crippen LogP contribution in [0.2, 0.25) is 0 Å². The Hall–Kier alpha value is -1.86. The Morgan fingerprint density at radius 2 is 1.97 bits per heavy atom. The van der Waals surface area contributed by atoms with Gasteiger partial charge < -0.3 is 19.7 Å². The van der Waals surface area contributed by atoms with E-state index in [0.29, 0.717) is 18.8 Å². The van der Waals surface area contributed by atoms with Crippen LogP contribution in [0.4, 0.5) is 0 Å². The summed E-state index contributed by atoms with van der Waals surface area (Å²) in [6.07, 6.45) is 4.37.